The maximum atomic E-state index is 13.1. The fraction of sp³-hybridized carbons (Fsp3) is 0.529. The van der Waals surface area contributed by atoms with Crippen LogP contribution in [0.3, 0.4) is 0 Å². The maximum absolute atomic E-state index is 13.1. The minimum Gasteiger partial charge on any atom is -0.476 e. The molecule has 0 unspecified atom stereocenters. The largest absolute Gasteiger partial charge is 0.476 e. The van der Waals surface area contributed by atoms with Gasteiger partial charge in [0.15, 0.2) is 11.4 Å². The number of hydrogen-bond donors (Lipinski definition) is 1. The molecule has 1 amide bonds. The summed E-state index contributed by atoms with van der Waals surface area (Å²) in [6.45, 7) is 0.824. The molecule has 3 heterocycles. The third kappa shape index (κ3) is 2.43. The van der Waals surface area contributed by atoms with Crippen LogP contribution in [0, 0.1) is 0 Å². The molecule has 1 aliphatic carbocycles. The summed E-state index contributed by atoms with van der Waals surface area (Å²) in [6.07, 6.45) is 4.66. The van der Waals surface area contributed by atoms with Crippen molar-refractivity contribution in [1.82, 2.24) is 24.5 Å². The van der Waals surface area contributed by atoms with Gasteiger partial charge < -0.3 is 10.0 Å². The molecular weight excluding hydrogens is 322 g/mol. The monoisotopic (exact) mass is 343 g/mol. The quantitative estimate of drug-likeness (QED) is 0.875. The number of aromatic nitrogens is 4. The van der Waals surface area contributed by atoms with E-state index in [0.29, 0.717) is 24.2 Å². The Morgan fingerprint density at radius 1 is 0.920 bits per heavy atom. The molecule has 0 fully saturated rings. The zero-order valence-electron chi connectivity index (χ0n) is 14.4. The van der Waals surface area contributed by atoms with Crippen LogP contribution in [0.4, 0.5) is 0 Å². The highest BCUT2D eigenvalue weighted by Gasteiger charge is 2.32. The van der Waals surface area contributed by atoms with Gasteiger partial charge in [0, 0.05) is 49.6 Å². The van der Waals surface area contributed by atoms with Crippen molar-refractivity contribution in [3.63, 3.8) is 0 Å². The van der Waals surface area contributed by atoms with Gasteiger partial charge in [-0.3, -0.25) is 14.2 Å². The molecule has 2 aliphatic rings. The molecule has 0 bridgehead atoms. The Morgan fingerprint density at radius 3 is 2.28 bits per heavy atom. The first-order chi connectivity index (χ1) is 12.0. The van der Waals surface area contributed by atoms with E-state index in [4.69, 9.17) is 0 Å². The molecule has 1 aliphatic heterocycles. The van der Waals surface area contributed by atoms with Crippen LogP contribution in [-0.2, 0) is 39.9 Å². The molecule has 4 rings (SSSR count). The first kappa shape index (κ1) is 15.9. The van der Waals surface area contributed by atoms with Gasteiger partial charge in [-0.1, -0.05) is 0 Å². The molecule has 132 valence electrons. The summed E-state index contributed by atoms with van der Waals surface area (Å²) in [6, 6.07) is 0. The molecule has 0 saturated carbocycles. The van der Waals surface area contributed by atoms with E-state index in [2.05, 4.69) is 10.2 Å². The van der Waals surface area contributed by atoms with Crippen molar-refractivity contribution in [3.05, 3.63) is 33.9 Å². The van der Waals surface area contributed by atoms with Gasteiger partial charge >= 0.3 is 5.97 Å². The first-order valence-electron chi connectivity index (χ1n) is 8.59. The molecular formula is C17H21N5O3. The lowest BCUT2D eigenvalue weighted by atomic mass is 9.95. The smallest absolute Gasteiger partial charge is 0.356 e. The number of aromatic carboxylic acids is 1. The first-order valence-corrected chi connectivity index (χ1v) is 8.59. The fourth-order valence-electron chi connectivity index (χ4n) is 4.03. The Balaban J connectivity index is 1.66. The zero-order valence-corrected chi connectivity index (χ0v) is 14.4. The topological polar surface area (TPSA) is 93.2 Å². The van der Waals surface area contributed by atoms with Gasteiger partial charge in [-0.25, -0.2) is 4.79 Å². The molecule has 0 radical (unpaired) electrons. The molecule has 0 aromatic carbocycles. The van der Waals surface area contributed by atoms with Crippen LogP contribution in [-0.4, -0.2) is 48.0 Å². The Labute approximate surface area is 145 Å². The van der Waals surface area contributed by atoms with E-state index in [1.165, 1.54) is 0 Å². The predicted molar refractivity (Wildman–Crippen MR) is 88.5 cm³/mol. The lowest BCUT2D eigenvalue weighted by Crippen LogP contribution is -2.37. The zero-order chi connectivity index (χ0) is 17.7. The minimum absolute atomic E-state index is 0.0399. The molecule has 25 heavy (non-hydrogen) atoms. The number of nitrogens with zero attached hydrogens (tertiary/aromatic N) is 5. The van der Waals surface area contributed by atoms with Crippen molar-refractivity contribution in [2.24, 2.45) is 14.1 Å². The Kier molecular flexibility index (Phi) is 3.63. The minimum atomic E-state index is -1.05. The second kappa shape index (κ2) is 5.72. The number of carbonyl (C=O) groups is 2. The standard InChI is InChI=1S/C17H21N5O3/c1-20-12-6-4-3-5-10(12)14(18-20)16(23)22-8-7-13-11(9-22)15(17(24)25)19-21(13)2/h3-9H2,1-2H3,(H,24,25). The second-order valence-electron chi connectivity index (χ2n) is 6.78. The number of carboxylic acid groups (broad SMARTS) is 1. The van der Waals surface area contributed by atoms with Crippen LogP contribution in [0.1, 0.15) is 56.3 Å². The second-order valence-corrected chi connectivity index (χ2v) is 6.78. The molecule has 0 saturated heterocycles. The predicted octanol–water partition coefficient (Wildman–Crippen LogP) is 0.929. The maximum Gasteiger partial charge on any atom is 0.356 e. The number of aryl methyl sites for hydroxylation is 2. The van der Waals surface area contributed by atoms with E-state index >= 15 is 0 Å². The van der Waals surface area contributed by atoms with Gasteiger partial charge in [0.05, 0.1) is 6.54 Å². The fourth-order valence-corrected chi connectivity index (χ4v) is 4.03. The summed E-state index contributed by atoms with van der Waals surface area (Å²) in [7, 11) is 3.64. The van der Waals surface area contributed by atoms with Crippen molar-refractivity contribution in [2.45, 2.75) is 38.6 Å². The van der Waals surface area contributed by atoms with E-state index in [-0.39, 0.29) is 18.1 Å². The van der Waals surface area contributed by atoms with Gasteiger partial charge in [0.25, 0.3) is 5.91 Å². The number of hydrogen-bond acceptors (Lipinski definition) is 4. The van der Waals surface area contributed by atoms with Gasteiger partial charge in [0.2, 0.25) is 0 Å². The number of amides is 1. The third-order valence-corrected chi connectivity index (χ3v) is 5.30. The van der Waals surface area contributed by atoms with Crippen LogP contribution in [0.5, 0.6) is 0 Å². The van der Waals surface area contributed by atoms with Crippen molar-refractivity contribution < 1.29 is 14.7 Å². The van der Waals surface area contributed by atoms with E-state index in [1.54, 1.807) is 16.6 Å². The van der Waals surface area contributed by atoms with Crippen molar-refractivity contribution in [1.29, 1.82) is 0 Å². The van der Waals surface area contributed by atoms with Gasteiger partial charge in [0.1, 0.15) is 0 Å². The number of fused-ring (bicyclic) bond motifs is 2. The number of carbonyl (C=O) groups excluding carboxylic acids is 1. The van der Waals surface area contributed by atoms with E-state index in [9.17, 15) is 14.7 Å². The highest BCUT2D eigenvalue weighted by atomic mass is 16.4. The van der Waals surface area contributed by atoms with Crippen LogP contribution in [0.2, 0.25) is 0 Å². The Morgan fingerprint density at radius 2 is 1.56 bits per heavy atom. The van der Waals surface area contributed by atoms with E-state index in [0.717, 1.165) is 42.6 Å². The van der Waals surface area contributed by atoms with Crippen molar-refractivity contribution in [2.75, 3.05) is 6.54 Å². The lowest BCUT2D eigenvalue weighted by molar-refractivity contribution is 0.0672. The summed E-state index contributed by atoms with van der Waals surface area (Å²) in [5.74, 6) is -1.16. The van der Waals surface area contributed by atoms with E-state index in [1.807, 2.05) is 11.7 Å². The summed E-state index contributed by atoms with van der Waals surface area (Å²) in [5.41, 5.74) is 4.32. The van der Waals surface area contributed by atoms with Crippen LogP contribution in [0.15, 0.2) is 0 Å². The van der Waals surface area contributed by atoms with Crippen molar-refractivity contribution >= 4 is 11.9 Å². The van der Waals surface area contributed by atoms with Gasteiger partial charge in [-0.2, -0.15) is 10.2 Å². The van der Waals surface area contributed by atoms with Gasteiger partial charge in [-0.05, 0) is 25.7 Å². The van der Waals surface area contributed by atoms with Crippen LogP contribution in [0.25, 0.3) is 0 Å². The van der Waals surface area contributed by atoms with Crippen molar-refractivity contribution in [3.8, 4) is 0 Å². The summed E-state index contributed by atoms with van der Waals surface area (Å²) >= 11 is 0. The van der Waals surface area contributed by atoms with Crippen LogP contribution >= 0.6 is 0 Å². The Bertz CT molecular complexity index is 879. The summed E-state index contributed by atoms with van der Waals surface area (Å²) in [4.78, 5) is 26.2. The molecule has 8 nitrogen and oxygen atoms in total. The highest BCUT2D eigenvalue weighted by Crippen LogP contribution is 2.27. The van der Waals surface area contributed by atoms with Crippen LogP contribution < -0.4 is 0 Å². The average Bonchev–Trinajstić information content (AvgIpc) is 3.12. The third-order valence-electron chi connectivity index (χ3n) is 5.30. The summed E-state index contributed by atoms with van der Waals surface area (Å²) < 4.78 is 3.44. The van der Waals surface area contributed by atoms with Gasteiger partial charge in [-0.15, -0.1) is 0 Å². The lowest BCUT2D eigenvalue weighted by Gasteiger charge is -2.27. The molecule has 2 aromatic rings. The normalized spacial score (nSPS) is 16.5. The molecule has 0 atom stereocenters. The molecule has 2 aromatic heterocycles. The Hall–Kier alpha value is -2.64. The number of carboxylic acids is 1. The van der Waals surface area contributed by atoms with E-state index < -0.39 is 5.97 Å². The highest BCUT2D eigenvalue weighted by molar-refractivity contribution is 5.94. The SMILES string of the molecule is Cn1nc(C(=O)O)c2c1CCN(C(=O)c1nn(C)c3c1CCCC3)C2. The number of rotatable bonds is 2. The average molecular weight is 343 g/mol. The molecule has 8 heteroatoms. The molecule has 1 N–H and O–H groups in total. The molecule has 0 spiro atoms. The summed E-state index contributed by atoms with van der Waals surface area (Å²) in [5, 5.41) is 17.9.